The highest BCUT2D eigenvalue weighted by atomic mass is 16.5. The number of ether oxygens (including phenoxy) is 3. The van der Waals surface area contributed by atoms with E-state index in [0.29, 0.717) is 25.3 Å². The molecule has 2 aromatic rings. The first-order valence-electron chi connectivity index (χ1n) is 9.09. The van der Waals surface area contributed by atoms with E-state index in [1.807, 2.05) is 49.4 Å². The molecular formula is C21H25NO4. The summed E-state index contributed by atoms with van der Waals surface area (Å²) in [5, 5.41) is 2.95. The van der Waals surface area contributed by atoms with Gasteiger partial charge in [0.1, 0.15) is 18.1 Å². The molecule has 1 heterocycles. The molecule has 0 aromatic heterocycles. The molecule has 1 aliphatic heterocycles. The van der Waals surface area contributed by atoms with Gasteiger partial charge in [-0.2, -0.15) is 0 Å². The molecule has 0 aliphatic carbocycles. The molecule has 0 unspecified atom stereocenters. The van der Waals surface area contributed by atoms with E-state index in [9.17, 15) is 4.79 Å². The predicted octanol–water partition coefficient (Wildman–Crippen LogP) is 3.57. The van der Waals surface area contributed by atoms with Crippen molar-refractivity contribution in [2.45, 2.75) is 32.5 Å². The van der Waals surface area contributed by atoms with Crippen molar-refractivity contribution >= 4 is 5.91 Å². The van der Waals surface area contributed by atoms with Gasteiger partial charge in [0.25, 0.3) is 5.91 Å². The predicted molar refractivity (Wildman–Crippen MR) is 99.7 cm³/mol. The molecule has 0 radical (unpaired) electrons. The third kappa shape index (κ3) is 4.99. The van der Waals surface area contributed by atoms with Crippen molar-refractivity contribution in [3.8, 4) is 11.5 Å². The van der Waals surface area contributed by atoms with Gasteiger partial charge in [0, 0.05) is 24.3 Å². The highest BCUT2D eigenvalue weighted by molar-refractivity contribution is 5.94. The van der Waals surface area contributed by atoms with Crippen LogP contribution in [0.3, 0.4) is 0 Å². The van der Waals surface area contributed by atoms with Crippen molar-refractivity contribution < 1.29 is 19.0 Å². The van der Waals surface area contributed by atoms with Crippen molar-refractivity contribution in [1.29, 1.82) is 0 Å². The lowest BCUT2D eigenvalue weighted by Crippen LogP contribution is -2.31. The normalized spacial score (nSPS) is 16.3. The van der Waals surface area contributed by atoms with Crippen LogP contribution in [0.2, 0.25) is 0 Å². The highest BCUT2D eigenvalue weighted by Crippen LogP contribution is 2.23. The first kappa shape index (κ1) is 18.3. The molecule has 0 bridgehead atoms. The third-order valence-corrected chi connectivity index (χ3v) is 4.27. The van der Waals surface area contributed by atoms with Crippen LogP contribution in [0.4, 0.5) is 0 Å². The molecule has 2 aromatic carbocycles. The van der Waals surface area contributed by atoms with E-state index in [1.54, 1.807) is 6.07 Å². The molecule has 1 N–H and O–H groups in total. The zero-order chi connectivity index (χ0) is 18.2. The minimum atomic E-state index is -0.107. The second-order valence-electron chi connectivity index (χ2n) is 6.20. The van der Waals surface area contributed by atoms with E-state index >= 15 is 0 Å². The second-order valence-corrected chi connectivity index (χ2v) is 6.20. The molecule has 138 valence electrons. The number of amides is 1. The fraction of sp³-hybridized carbons (Fsp3) is 0.381. The van der Waals surface area contributed by atoms with E-state index in [0.717, 1.165) is 36.5 Å². The topological polar surface area (TPSA) is 56.8 Å². The number of carbonyl (C=O) groups excluding carboxylic acids is 1. The number of hydrogen-bond acceptors (Lipinski definition) is 4. The van der Waals surface area contributed by atoms with Crippen molar-refractivity contribution in [2.75, 3.05) is 19.8 Å². The smallest absolute Gasteiger partial charge is 0.251 e. The number of hydrogen-bond donors (Lipinski definition) is 1. The van der Waals surface area contributed by atoms with Gasteiger partial charge in [-0.1, -0.05) is 18.2 Å². The van der Waals surface area contributed by atoms with Crippen LogP contribution in [0.5, 0.6) is 11.5 Å². The fourth-order valence-corrected chi connectivity index (χ4v) is 2.92. The quantitative estimate of drug-likeness (QED) is 0.786. The molecule has 0 spiro atoms. The Bertz CT molecular complexity index is 711. The number of benzene rings is 2. The fourth-order valence-electron chi connectivity index (χ4n) is 2.92. The maximum absolute atomic E-state index is 12.4. The SMILES string of the molecule is CCOc1ccc(C(=O)NC[C@@H]2CCCO2)cc1COc1ccccc1. The minimum Gasteiger partial charge on any atom is -0.493 e. The Hall–Kier alpha value is -2.53. The van der Waals surface area contributed by atoms with Gasteiger partial charge in [0.15, 0.2) is 0 Å². The molecule has 1 aliphatic rings. The summed E-state index contributed by atoms with van der Waals surface area (Å²) in [6.07, 6.45) is 2.19. The van der Waals surface area contributed by atoms with Gasteiger partial charge < -0.3 is 19.5 Å². The highest BCUT2D eigenvalue weighted by Gasteiger charge is 2.17. The van der Waals surface area contributed by atoms with E-state index < -0.39 is 0 Å². The molecule has 1 atom stereocenters. The van der Waals surface area contributed by atoms with Gasteiger partial charge >= 0.3 is 0 Å². The monoisotopic (exact) mass is 355 g/mol. The molecular weight excluding hydrogens is 330 g/mol. The first-order valence-corrected chi connectivity index (χ1v) is 9.09. The summed E-state index contributed by atoms with van der Waals surface area (Å²) >= 11 is 0. The molecule has 1 fully saturated rings. The molecule has 3 rings (SSSR count). The molecule has 5 heteroatoms. The van der Waals surface area contributed by atoms with Crippen LogP contribution >= 0.6 is 0 Å². The van der Waals surface area contributed by atoms with Crippen LogP contribution in [0.15, 0.2) is 48.5 Å². The van der Waals surface area contributed by atoms with Crippen LogP contribution in [0.1, 0.15) is 35.7 Å². The number of nitrogens with one attached hydrogen (secondary N) is 1. The summed E-state index contributed by atoms with van der Waals surface area (Å²) in [4.78, 5) is 12.4. The van der Waals surface area contributed by atoms with E-state index in [4.69, 9.17) is 14.2 Å². The van der Waals surface area contributed by atoms with Gasteiger partial charge in [0.2, 0.25) is 0 Å². The van der Waals surface area contributed by atoms with Crippen molar-refractivity contribution in [3.05, 3.63) is 59.7 Å². The maximum Gasteiger partial charge on any atom is 0.251 e. The summed E-state index contributed by atoms with van der Waals surface area (Å²) in [5.74, 6) is 1.41. The van der Waals surface area contributed by atoms with Gasteiger partial charge in [0.05, 0.1) is 12.7 Å². The Morgan fingerprint density at radius 3 is 2.77 bits per heavy atom. The average molecular weight is 355 g/mol. The molecule has 1 saturated heterocycles. The van der Waals surface area contributed by atoms with Crippen molar-refractivity contribution in [1.82, 2.24) is 5.32 Å². The van der Waals surface area contributed by atoms with Crippen LogP contribution in [0, 0.1) is 0 Å². The third-order valence-electron chi connectivity index (χ3n) is 4.27. The largest absolute Gasteiger partial charge is 0.493 e. The van der Waals surface area contributed by atoms with Crippen LogP contribution in [-0.2, 0) is 11.3 Å². The first-order chi connectivity index (χ1) is 12.8. The van der Waals surface area contributed by atoms with Crippen LogP contribution < -0.4 is 14.8 Å². The average Bonchev–Trinajstić information content (AvgIpc) is 3.20. The summed E-state index contributed by atoms with van der Waals surface area (Å²) in [5.41, 5.74) is 1.44. The molecule has 5 nitrogen and oxygen atoms in total. The Morgan fingerprint density at radius 1 is 1.19 bits per heavy atom. The number of rotatable bonds is 8. The van der Waals surface area contributed by atoms with E-state index in [1.165, 1.54) is 0 Å². The van der Waals surface area contributed by atoms with Crippen LogP contribution in [-0.4, -0.2) is 31.8 Å². The van der Waals surface area contributed by atoms with Gasteiger partial charge in [-0.3, -0.25) is 4.79 Å². The van der Waals surface area contributed by atoms with Crippen molar-refractivity contribution in [2.24, 2.45) is 0 Å². The Kier molecular flexibility index (Phi) is 6.50. The molecule has 1 amide bonds. The van der Waals surface area contributed by atoms with Crippen LogP contribution in [0.25, 0.3) is 0 Å². The summed E-state index contributed by atoms with van der Waals surface area (Å²) in [6.45, 7) is 4.16. The number of carbonyl (C=O) groups is 1. The molecule has 26 heavy (non-hydrogen) atoms. The zero-order valence-corrected chi connectivity index (χ0v) is 15.1. The Morgan fingerprint density at radius 2 is 2.04 bits per heavy atom. The molecule has 0 saturated carbocycles. The Labute approximate surface area is 154 Å². The van der Waals surface area contributed by atoms with Crippen molar-refractivity contribution in [3.63, 3.8) is 0 Å². The lowest BCUT2D eigenvalue weighted by atomic mass is 10.1. The summed E-state index contributed by atoms with van der Waals surface area (Å²) < 4.78 is 17.0. The Balaban J connectivity index is 1.67. The van der Waals surface area contributed by atoms with Gasteiger partial charge in [-0.05, 0) is 50.1 Å². The summed E-state index contributed by atoms with van der Waals surface area (Å²) in [7, 11) is 0. The second kappa shape index (κ2) is 9.25. The maximum atomic E-state index is 12.4. The van der Waals surface area contributed by atoms with E-state index in [2.05, 4.69) is 5.32 Å². The zero-order valence-electron chi connectivity index (χ0n) is 15.1. The van der Waals surface area contributed by atoms with E-state index in [-0.39, 0.29) is 12.0 Å². The van der Waals surface area contributed by atoms with Gasteiger partial charge in [-0.15, -0.1) is 0 Å². The summed E-state index contributed by atoms with van der Waals surface area (Å²) in [6, 6.07) is 15.0. The standard InChI is InChI=1S/C21H25NO4/c1-2-24-20-11-10-16(21(23)22-14-19-9-6-12-25-19)13-17(20)15-26-18-7-4-3-5-8-18/h3-5,7-8,10-11,13,19H,2,6,9,12,14-15H2,1H3,(H,22,23)/t19-/m0/s1. The minimum absolute atomic E-state index is 0.107. The van der Waals surface area contributed by atoms with Gasteiger partial charge in [-0.25, -0.2) is 0 Å². The lowest BCUT2D eigenvalue weighted by Gasteiger charge is -2.14. The lowest BCUT2D eigenvalue weighted by molar-refractivity contribution is 0.0857. The number of para-hydroxylation sites is 1.